The van der Waals surface area contributed by atoms with Gasteiger partial charge in [0.15, 0.2) is 0 Å². The van der Waals surface area contributed by atoms with Gasteiger partial charge in [0.2, 0.25) is 5.91 Å². The van der Waals surface area contributed by atoms with Gasteiger partial charge in [-0.1, -0.05) is 243 Å². The van der Waals surface area contributed by atoms with Crippen molar-refractivity contribution in [1.82, 2.24) is 5.32 Å². The number of allylic oxidation sites excluding steroid dienone is 6. The molecule has 352 valence electrons. The highest BCUT2D eigenvalue weighted by Gasteiger charge is 2.24. The summed E-state index contributed by atoms with van der Waals surface area (Å²) in [4.78, 5) is 26.1. The number of hydrogen-bond acceptors (Lipinski definition) is 5. The van der Waals surface area contributed by atoms with Crippen LogP contribution in [0.5, 0.6) is 0 Å². The van der Waals surface area contributed by atoms with Crippen LogP contribution in [0.4, 0.5) is 0 Å². The second-order valence-corrected chi connectivity index (χ2v) is 18.0. The highest BCUT2D eigenvalue weighted by Crippen LogP contribution is 2.18. The third-order valence-electron chi connectivity index (χ3n) is 12.0. The summed E-state index contributed by atoms with van der Waals surface area (Å²) >= 11 is 0. The Morgan fingerprint density at radius 1 is 0.483 bits per heavy atom. The van der Waals surface area contributed by atoms with Crippen molar-refractivity contribution in [3.05, 3.63) is 36.5 Å². The molecule has 0 aliphatic carbocycles. The van der Waals surface area contributed by atoms with E-state index in [1.54, 1.807) is 0 Å². The van der Waals surface area contributed by atoms with Crippen LogP contribution in [-0.2, 0) is 14.3 Å². The van der Waals surface area contributed by atoms with E-state index in [-0.39, 0.29) is 24.9 Å². The third-order valence-corrected chi connectivity index (χ3v) is 12.0. The number of esters is 1. The average Bonchev–Trinajstić information content (AvgIpc) is 3.24. The van der Waals surface area contributed by atoms with Crippen LogP contribution < -0.4 is 5.32 Å². The summed E-state index contributed by atoms with van der Waals surface area (Å²) in [5.41, 5.74) is 0. The van der Waals surface area contributed by atoms with Gasteiger partial charge in [0, 0.05) is 6.42 Å². The summed E-state index contributed by atoms with van der Waals surface area (Å²) < 4.78 is 5.92. The van der Waals surface area contributed by atoms with Crippen molar-refractivity contribution in [3.63, 3.8) is 0 Å². The SMILES string of the molecule is CCCCCCC/C=C/C=C/C=C/CCCCCC(CC(=O)NC(CO)C(O)CCCCCCCCCCCCC)OC(=O)CCCCCCCCCCCCCCCC. The van der Waals surface area contributed by atoms with Gasteiger partial charge >= 0.3 is 5.97 Å². The predicted octanol–water partition coefficient (Wildman–Crippen LogP) is 15.7. The number of nitrogens with one attached hydrogen (secondary N) is 1. The zero-order valence-electron chi connectivity index (χ0n) is 40.1. The van der Waals surface area contributed by atoms with Crippen molar-refractivity contribution in [2.45, 2.75) is 289 Å². The molecule has 0 saturated carbocycles. The van der Waals surface area contributed by atoms with Crippen LogP contribution in [0, 0.1) is 0 Å². The van der Waals surface area contributed by atoms with Crippen LogP contribution in [0.3, 0.4) is 0 Å². The lowest BCUT2D eigenvalue weighted by atomic mass is 10.0. The summed E-state index contributed by atoms with van der Waals surface area (Å²) in [7, 11) is 0. The number of aliphatic hydroxyl groups excluding tert-OH is 2. The summed E-state index contributed by atoms with van der Waals surface area (Å²) in [6.07, 6.45) is 56.3. The zero-order chi connectivity index (χ0) is 43.8. The lowest BCUT2D eigenvalue weighted by Crippen LogP contribution is -2.46. The van der Waals surface area contributed by atoms with E-state index in [2.05, 4.69) is 62.5 Å². The molecule has 0 spiro atoms. The maximum Gasteiger partial charge on any atom is 0.306 e. The van der Waals surface area contributed by atoms with E-state index in [0.717, 1.165) is 70.6 Å². The molecule has 60 heavy (non-hydrogen) atoms. The number of hydrogen-bond donors (Lipinski definition) is 3. The highest BCUT2D eigenvalue weighted by molar-refractivity contribution is 5.77. The minimum atomic E-state index is -0.793. The van der Waals surface area contributed by atoms with Crippen LogP contribution in [0.25, 0.3) is 0 Å². The molecule has 0 radical (unpaired) electrons. The first-order chi connectivity index (χ1) is 29.5. The first kappa shape index (κ1) is 58.1. The molecule has 0 rings (SSSR count). The Hall–Kier alpha value is -1.92. The number of carbonyl (C=O) groups is 2. The van der Waals surface area contributed by atoms with E-state index in [9.17, 15) is 19.8 Å². The quantitative estimate of drug-likeness (QED) is 0.0322. The minimum Gasteiger partial charge on any atom is -0.462 e. The molecular weight excluding hydrogens is 743 g/mol. The third kappa shape index (κ3) is 42.8. The van der Waals surface area contributed by atoms with Gasteiger partial charge < -0.3 is 20.3 Å². The molecule has 0 aromatic carbocycles. The molecule has 3 unspecified atom stereocenters. The standard InChI is InChI=1S/C54H101NO5/c1-4-7-10-13-16-19-22-24-26-27-28-31-33-36-39-42-45-50(60-54(59)47-44-41-38-35-32-29-25-23-20-17-14-11-8-5-2)48-53(58)55-51(49-56)52(57)46-43-40-37-34-30-21-18-15-12-9-6-3/h22,24,26-28,31,50-52,56-57H,4-21,23,25,29-30,32-49H2,1-3H3,(H,55,58)/b24-22+,27-26+,31-28+. The predicted molar refractivity (Wildman–Crippen MR) is 259 cm³/mol. The number of carbonyl (C=O) groups excluding carboxylic acids is 2. The van der Waals surface area contributed by atoms with Gasteiger partial charge in [-0.25, -0.2) is 0 Å². The van der Waals surface area contributed by atoms with Gasteiger partial charge in [-0.2, -0.15) is 0 Å². The van der Waals surface area contributed by atoms with E-state index >= 15 is 0 Å². The molecule has 0 bridgehead atoms. The van der Waals surface area contributed by atoms with Crippen LogP contribution >= 0.6 is 0 Å². The second kappa shape index (κ2) is 48.1. The summed E-state index contributed by atoms with van der Waals surface area (Å²) in [6.45, 7) is 6.46. The molecule has 0 aromatic heterocycles. The van der Waals surface area contributed by atoms with Crippen LogP contribution in [0.1, 0.15) is 271 Å². The van der Waals surface area contributed by atoms with Crippen molar-refractivity contribution < 1.29 is 24.5 Å². The largest absolute Gasteiger partial charge is 0.462 e. The number of rotatable bonds is 47. The van der Waals surface area contributed by atoms with E-state index < -0.39 is 18.2 Å². The minimum absolute atomic E-state index is 0.0586. The van der Waals surface area contributed by atoms with E-state index in [1.165, 1.54) is 154 Å². The van der Waals surface area contributed by atoms with Crippen molar-refractivity contribution in [3.8, 4) is 0 Å². The van der Waals surface area contributed by atoms with Crippen LogP contribution in [0.15, 0.2) is 36.5 Å². The molecule has 0 saturated heterocycles. The zero-order valence-corrected chi connectivity index (χ0v) is 40.1. The molecule has 3 N–H and O–H groups in total. The van der Waals surface area contributed by atoms with Crippen molar-refractivity contribution in [2.75, 3.05) is 6.61 Å². The molecule has 0 aromatic rings. The van der Waals surface area contributed by atoms with Gasteiger partial charge in [0.1, 0.15) is 6.10 Å². The molecule has 6 heteroatoms. The fourth-order valence-corrected chi connectivity index (χ4v) is 8.02. The topological polar surface area (TPSA) is 95.9 Å². The van der Waals surface area contributed by atoms with Gasteiger partial charge in [-0.15, -0.1) is 0 Å². The lowest BCUT2D eigenvalue weighted by Gasteiger charge is -2.24. The van der Waals surface area contributed by atoms with E-state index in [4.69, 9.17) is 4.74 Å². The summed E-state index contributed by atoms with van der Waals surface area (Å²) in [5.74, 6) is -0.496. The molecule has 0 aliphatic rings. The maximum absolute atomic E-state index is 13.2. The number of ether oxygens (including phenoxy) is 1. The normalized spacial score (nSPS) is 13.5. The van der Waals surface area contributed by atoms with Crippen molar-refractivity contribution in [1.29, 1.82) is 0 Å². The molecule has 0 heterocycles. The Kier molecular flexibility index (Phi) is 46.6. The molecule has 6 nitrogen and oxygen atoms in total. The molecule has 0 aliphatic heterocycles. The summed E-state index contributed by atoms with van der Waals surface area (Å²) in [5, 5.41) is 23.7. The fourth-order valence-electron chi connectivity index (χ4n) is 8.02. The molecule has 1 amide bonds. The Balaban J connectivity index is 4.64. The van der Waals surface area contributed by atoms with Crippen LogP contribution in [-0.4, -0.2) is 46.9 Å². The first-order valence-electron chi connectivity index (χ1n) is 26.2. The fraction of sp³-hybridized carbons (Fsp3) is 0.852. The average molecular weight is 844 g/mol. The second-order valence-electron chi connectivity index (χ2n) is 18.0. The summed E-state index contributed by atoms with van der Waals surface area (Å²) in [6, 6.07) is -0.709. The Morgan fingerprint density at radius 3 is 1.28 bits per heavy atom. The van der Waals surface area contributed by atoms with Crippen LogP contribution in [0.2, 0.25) is 0 Å². The number of unbranched alkanes of at least 4 members (excludes halogenated alkanes) is 31. The lowest BCUT2D eigenvalue weighted by molar-refractivity contribution is -0.151. The molecular formula is C54H101NO5. The first-order valence-corrected chi connectivity index (χ1v) is 26.2. The number of amides is 1. The Bertz CT molecular complexity index is 993. The van der Waals surface area contributed by atoms with E-state index in [0.29, 0.717) is 19.3 Å². The Labute approximate surface area is 373 Å². The maximum atomic E-state index is 13.2. The monoisotopic (exact) mass is 844 g/mol. The van der Waals surface area contributed by atoms with Gasteiger partial charge in [0.05, 0.1) is 25.2 Å². The van der Waals surface area contributed by atoms with Gasteiger partial charge in [-0.05, 0) is 51.4 Å². The van der Waals surface area contributed by atoms with Gasteiger partial charge in [0.25, 0.3) is 0 Å². The van der Waals surface area contributed by atoms with Gasteiger partial charge in [-0.3, -0.25) is 9.59 Å². The smallest absolute Gasteiger partial charge is 0.306 e. The molecule has 0 fully saturated rings. The van der Waals surface area contributed by atoms with Crippen molar-refractivity contribution in [2.24, 2.45) is 0 Å². The Morgan fingerprint density at radius 2 is 0.850 bits per heavy atom. The number of aliphatic hydroxyl groups is 2. The molecule has 3 atom stereocenters. The highest BCUT2D eigenvalue weighted by atomic mass is 16.5. The van der Waals surface area contributed by atoms with Crippen molar-refractivity contribution >= 4 is 11.9 Å². The van der Waals surface area contributed by atoms with E-state index in [1.807, 2.05) is 0 Å².